The molecular weight excluding hydrogens is 318 g/mol. The van der Waals surface area contributed by atoms with Gasteiger partial charge in [-0.15, -0.1) is 11.3 Å². The number of hydrogen-bond acceptors (Lipinski definition) is 2. The van der Waals surface area contributed by atoms with Crippen LogP contribution in [0.2, 0.25) is 0 Å². The van der Waals surface area contributed by atoms with Crippen molar-refractivity contribution in [2.24, 2.45) is 5.73 Å². The van der Waals surface area contributed by atoms with E-state index < -0.39 is 0 Å². The van der Waals surface area contributed by atoms with Crippen molar-refractivity contribution in [2.75, 3.05) is 0 Å². The van der Waals surface area contributed by atoms with Gasteiger partial charge >= 0.3 is 0 Å². The molecule has 0 aliphatic heterocycles. The molecule has 1 aromatic carbocycles. The number of halogens is 1. The lowest BCUT2D eigenvalue weighted by atomic mass is 9.79. The van der Waals surface area contributed by atoms with E-state index >= 15 is 0 Å². The van der Waals surface area contributed by atoms with Crippen LogP contribution in [0.1, 0.15) is 47.9 Å². The van der Waals surface area contributed by atoms with Gasteiger partial charge in [0.2, 0.25) is 0 Å². The number of aryl methyl sites for hydroxylation is 1. The van der Waals surface area contributed by atoms with Crippen LogP contribution in [0.25, 0.3) is 0 Å². The van der Waals surface area contributed by atoms with Gasteiger partial charge in [0.25, 0.3) is 0 Å². The molecule has 0 fully saturated rings. The van der Waals surface area contributed by atoms with E-state index in [1.165, 1.54) is 39.7 Å². The Morgan fingerprint density at radius 2 is 2.21 bits per heavy atom. The Kier molecular flexibility index (Phi) is 4.06. The summed E-state index contributed by atoms with van der Waals surface area (Å²) in [5.74, 6) is 0.624. The predicted molar refractivity (Wildman–Crippen MR) is 85.7 cm³/mol. The second-order valence-electron chi connectivity index (χ2n) is 5.31. The van der Waals surface area contributed by atoms with Crippen LogP contribution in [0.15, 0.2) is 39.5 Å². The number of nitrogens with two attached hydrogens (primary N) is 1. The summed E-state index contributed by atoms with van der Waals surface area (Å²) in [6.07, 6.45) is 4.85. The molecule has 1 heterocycles. The Bertz CT molecular complexity index is 563. The van der Waals surface area contributed by atoms with E-state index in [-0.39, 0.29) is 6.04 Å². The minimum absolute atomic E-state index is 0.152. The zero-order valence-electron chi connectivity index (χ0n) is 10.8. The third-order valence-electron chi connectivity index (χ3n) is 4.05. The molecule has 1 aliphatic carbocycles. The minimum atomic E-state index is 0.152. The Morgan fingerprint density at radius 3 is 3.00 bits per heavy atom. The summed E-state index contributed by atoms with van der Waals surface area (Å²) in [5.41, 5.74) is 10.7. The number of benzene rings is 1. The van der Waals surface area contributed by atoms with Crippen LogP contribution in [0.5, 0.6) is 0 Å². The molecule has 100 valence electrons. The smallest absolute Gasteiger partial charge is 0.0701 e. The van der Waals surface area contributed by atoms with Gasteiger partial charge in [-0.05, 0) is 75.7 Å². The highest BCUT2D eigenvalue weighted by Gasteiger charge is 2.22. The maximum Gasteiger partial charge on any atom is 0.0701 e. The Labute approximate surface area is 127 Å². The molecule has 0 saturated carbocycles. The zero-order chi connectivity index (χ0) is 13.2. The Morgan fingerprint density at radius 1 is 1.37 bits per heavy atom. The van der Waals surface area contributed by atoms with Gasteiger partial charge in [-0.2, -0.15) is 0 Å². The average molecular weight is 336 g/mol. The average Bonchev–Trinajstić information content (AvgIpc) is 2.86. The lowest BCUT2D eigenvalue weighted by Crippen LogP contribution is -2.17. The molecule has 1 nitrogen and oxygen atoms in total. The molecule has 0 saturated heterocycles. The summed E-state index contributed by atoms with van der Waals surface area (Å²) in [5, 5.41) is 2.17. The SMILES string of the molecule is NC(CC1CCCc2ccccc21)c1csc(Br)c1. The molecule has 2 unspecified atom stereocenters. The van der Waals surface area contributed by atoms with Crippen molar-refractivity contribution in [3.8, 4) is 0 Å². The lowest BCUT2D eigenvalue weighted by molar-refractivity contribution is 0.477. The van der Waals surface area contributed by atoms with Crippen LogP contribution in [0.4, 0.5) is 0 Å². The van der Waals surface area contributed by atoms with Crippen molar-refractivity contribution < 1.29 is 0 Å². The molecule has 3 rings (SSSR count). The van der Waals surface area contributed by atoms with Gasteiger partial charge in [-0.3, -0.25) is 0 Å². The molecule has 0 bridgehead atoms. The van der Waals surface area contributed by atoms with Crippen LogP contribution < -0.4 is 5.73 Å². The summed E-state index contributed by atoms with van der Waals surface area (Å²) < 4.78 is 1.17. The largest absolute Gasteiger partial charge is 0.324 e. The summed E-state index contributed by atoms with van der Waals surface area (Å²) in [4.78, 5) is 0. The van der Waals surface area contributed by atoms with Crippen molar-refractivity contribution in [1.29, 1.82) is 0 Å². The summed E-state index contributed by atoms with van der Waals surface area (Å²) >= 11 is 5.23. The van der Waals surface area contributed by atoms with Gasteiger partial charge in [0.15, 0.2) is 0 Å². The number of hydrogen-bond donors (Lipinski definition) is 1. The zero-order valence-corrected chi connectivity index (χ0v) is 13.2. The predicted octanol–water partition coefficient (Wildman–Crippen LogP) is 5.02. The molecule has 19 heavy (non-hydrogen) atoms. The maximum absolute atomic E-state index is 6.38. The van der Waals surface area contributed by atoms with E-state index in [1.54, 1.807) is 11.3 Å². The summed E-state index contributed by atoms with van der Waals surface area (Å²) in [6, 6.07) is 11.2. The molecule has 1 aromatic heterocycles. The van der Waals surface area contributed by atoms with Crippen LogP contribution in [-0.2, 0) is 6.42 Å². The number of rotatable bonds is 3. The fourth-order valence-corrected chi connectivity index (χ4v) is 4.30. The molecule has 0 amide bonds. The van der Waals surface area contributed by atoms with E-state index in [4.69, 9.17) is 5.73 Å². The third kappa shape index (κ3) is 2.93. The summed E-state index contributed by atoms with van der Waals surface area (Å²) in [6.45, 7) is 0. The molecular formula is C16H18BrNS. The highest BCUT2D eigenvalue weighted by molar-refractivity contribution is 9.11. The second-order valence-corrected chi connectivity index (χ2v) is 7.60. The molecule has 3 heteroatoms. The van der Waals surface area contributed by atoms with E-state index in [0.717, 1.165) is 6.42 Å². The van der Waals surface area contributed by atoms with Crippen LogP contribution in [0.3, 0.4) is 0 Å². The monoisotopic (exact) mass is 335 g/mol. The highest BCUT2D eigenvalue weighted by Crippen LogP contribution is 2.38. The Balaban J connectivity index is 1.77. The molecule has 2 aromatic rings. The molecule has 0 spiro atoms. The van der Waals surface area contributed by atoms with Crippen molar-refractivity contribution in [3.63, 3.8) is 0 Å². The van der Waals surface area contributed by atoms with Crippen molar-refractivity contribution in [1.82, 2.24) is 0 Å². The number of fused-ring (bicyclic) bond motifs is 1. The van der Waals surface area contributed by atoms with Gasteiger partial charge in [-0.1, -0.05) is 24.3 Å². The van der Waals surface area contributed by atoms with Crippen LogP contribution in [-0.4, -0.2) is 0 Å². The normalized spacial score (nSPS) is 20.0. The van der Waals surface area contributed by atoms with E-state index in [9.17, 15) is 0 Å². The van der Waals surface area contributed by atoms with E-state index in [0.29, 0.717) is 5.92 Å². The van der Waals surface area contributed by atoms with Gasteiger partial charge in [0, 0.05) is 6.04 Å². The first kappa shape index (κ1) is 13.3. The summed E-state index contributed by atoms with van der Waals surface area (Å²) in [7, 11) is 0. The standard InChI is InChI=1S/C16H18BrNS/c17-16-9-13(10-19-16)15(18)8-12-6-3-5-11-4-1-2-7-14(11)12/h1-2,4,7,9-10,12,15H,3,5-6,8,18H2. The molecule has 0 radical (unpaired) electrons. The first-order valence-corrected chi connectivity index (χ1v) is 8.48. The fraction of sp³-hybridized carbons (Fsp3) is 0.375. The maximum atomic E-state index is 6.38. The van der Waals surface area contributed by atoms with Crippen molar-refractivity contribution >= 4 is 27.3 Å². The van der Waals surface area contributed by atoms with Crippen LogP contribution >= 0.6 is 27.3 Å². The molecule has 2 N–H and O–H groups in total. The van der Waals surface area contributed by atoms with Crippen molar-refractivity contribution in [3.05, 3.63) is 56.2 Å². The van der Waals surface area contributed by atoms with E-state index in [2.05, 4.69) is 51.6 Å². The van der Waals surface area contributed by atoms with Gasteiger partial charge in [0.05, 0.1) is 3.79 Å². The molecule has 1 aliphatic rings. The third-order valence-corrected chi connectivity index (χ3v) is 5.57. The van der Waals surface area contributed by atoms with Gasteiger partial charge < -0.3 is 5.73 Å². The first-order valence-electron chi connectivity index (χ1n) is 6.81. The fourth-order valence-electron chi connectivity index (χ4n) is 3.06. The Hall–Kier alpha value is -0.640. The minimum Gasteiger partial charge on any atom is -0.324 e. The first-order chi connectivity index (χ1) is 9.24. The molecule has 2 atom stereocenters. The lowest BCUT2D eigenvalue weighted by Gasteiger charge is -2.27. The van der Waals surface area contributed by atoms with Gasteiger partial charge in [0.1, 0.15) is 0 Å². The quantitative estimate of drug-likeness (QED) is 0.837. The van der Waals surface area contributed by atoms with Crippen LogP contribution in [0, 0.1) is 0 Å². The second kappa shape index (κ2) is 5.78. The van der Waals surface area contributed by atoms with E-state index in [1.807, 2.05) is 0 Å². The van der Waals surface area contributed by atoms with Gasteiger partial charge in [-0.25, -0.2) is 0 Å². The van der Waals surface area contributed by atoms with Crippen molar-refractivity contribution in [2.45, 2.75) is 37.6 Å². The number of thiophene rings is 1. The highest BCUT2D eigenvalue weighted by atomic mass is 79.9. The topological polar surface area (TPSA) is 26.0 Å².